The fourth-order valence-corrected chi connectivity index (χ4v) is 3.56. The molecule has 0 radical (unpaired) electrons. The molecule has 0 aliphatic heterocycles. The molecule has 0 aliphatic rings. The standard InChI is InChI=1S/C9H6Br2OS/c10-3-5-7(12)1-2-8-9(5)6(11)4-13-8/h1-2,4,12H,3H2. The number of aromatic hydroxyl groups is 1. The molecule has 0 saturated carbocycles. The van der Waals surface area contributed by atoms with Crippen molar-refractivity contribution in [3.8, 4) is 5.75 Å². The molecule has 2 rings (SSSR count). The summed E-state index contributed by atoms with van der Waals surface area (Å²) in [5.41, 5.74) is 0.950. The lowest BCUT2D eigenvalue weighted by Gasteiger charge is -2.02. The zero-order valence-corrected chi connectivity index (χ0v) is 10.5. The lowest BCUT2D eigenvalue weighted by atomic mass is 10.1. The highest BCUT2D eigenvalue weighted by Gasteiger charge is 2.09. The van der Waals surface area contributed by atoms with E-state index >= 15 is 0 Å². The van der Waals surface area contributed by atoms with Crippen LogP contribution in [0.3, 0.4) is 0 Å². The maximum Gasteiger partial charge on any atom is 0.120 e. The van der Waals surface area contributed by atoms with E-state index in [4.69, 9.17) is 0 Å². The molecule has 0 bridgehead atoms. The predicted molar refractivity (Wildman–Crippen MR) is 63.8 cm³/mol. The number of halogens is 2. The second-order valence-electron chi connectivity index (χ2n) is 2.65. The highest BCUT2D eigenvalue weighted by molar-refractivity contribution is 9.10. The first-order chi connectivity index (χ1) is 6.24. The number of thiophene rings is 1. The van der Waals surface area contributed by atoms with Gasteiger partial charge in [0.05, 0.1) is 0 Å². The van der Waals surface area contributed by atoms with E-state index in [2.05, 4.69) is 31.9 Å². The summed E-state index contributed by atoms with van der Waals surface area (Å²) in [7, 11) is 0. The van der Waals surface area contributed by atoms with Gasteiger partial charge in [0.2, 0.25) is 0 Å². The summed E-state index contributed by atoms with van der Waals surface area (Å²) in [5, 5.41) is 13.4. The minimum atomic E-state index is 0.350. The van der Waals surface area contributed by atoms with Gasteiger partial charge in [-0.15, -0.1) is 11.3 Å². The number of rotatable bonds is 1. The van der Waals surface area contributed by atoms with Gasteiger partial charge in [-0.1, -0.05) is 15.9 Å². The first-order valence-corrected chi connectivity index (χ1v) is 6.47. The number of phenols is 1. The Morgan fingerprint density at radius 2 is 2.15 bits per heavy atom. The van der Waals surface area contributed by atoms with E-state index in [1.165, 1.54) is 4.70 Å². The molecule has 0 amide bonds. The third-order valence-corrected chi connectivity index (χ3v) is 4.35. The largest absolute Gasteiger partial charge is 0.508 e. The van der Waals surface area contributed by atoms with Crippen molar-refractivity contribution in [1.82, 2.24) is 0 Å². The van der Waals surface area contributed by atoms with Gasteiger partial charge in [0.15, 0.2) is 0 Å². The zero-order valence-electron chi connectivity index (χ0n) is 6.55. The first-order valence-electron chi connectivity index (χ1n) is 3.67. The summed E-state index contributed by atoms with van der Waals surface area (Å²) < 4.78 is 2.25. The number of fused-ring (bicyclic) bond motifs is 1. The van der Waals surface area contributed by atoms with Gasteiger partial charge in [-0.3, -0.25) is 0 Å². The minimum Gasteiger partial charge on any atom is -0.508 e. The molecule has 4 heteroatoms. The van der Waals surface area contributed by atoms with Crippen molar-refractivity contribution in [2.24, 2.45) is 0 Å². The maximum absolute atomic E-state index is 9.61. The van der Waals surface area contributed by atoms with Crippen LogP contribution in [-0.2, 0) is 5.33 Å². The summed E-state index contributed by atoms with van der Waals surface area (Å²) in [4.78, 5) is 0. The molecule has 1 heterocycles. The molecule has 1 nitrogen and oxygen atoms in total. The van der Waals surface area contributed by atoms with Crippen molar-refractivity contribution in [3.63, 3.8) is 0 Å². The van der Waals surface area contributed by atoms with Gasteiger partial charge >= 0.3 is 0 Å². The maximum atomic E-state index is 9.61. The highest BCUT2D eigenvalue weighted by atomic mass is 79.9. The quantitative estimate of drug-likeness (QED) is 0.778. The van der Waals surface area contributed by atoms with Gasteiger partial charge in [-0.05, 0) is 28.1 Å². The van der Waals surface area contributed by atoms with Crippen LogP contribution in [0.15, 0.2) is 22.0 Å². The molecule has 0 saturated heterocycles. The van der Waals surface area contributed by atoms with E-state index in [1.807, 2.05) is 11.4 Å². The van der Waals surface area contributed by atoms with Gasteiger partial charge in [0.25, 0.3) is 0 Å². The molecule has 0 atom stereocenters. The van der Waals surface area contributed by atoms with Crippen molar-refractivity contribution in [2.45, 2.75) is 5.33 Å². The molecule has 0 aliphatic carbocycles. The number of alkyl halides is 1. The topological polar surface area (TPSA) is 20.2 Å². The summed E-state index contributed by atoms with van der Waals surface area (Å²) in [6.45, 7) is 0. The predicted octanol–water partition coefficient (Wildman–Crippen LogP) is 4.26. The fraction of sp³-hybridized carbons (Fsp3) is 0.111. The van der Waals surface area contributed by atoms with E-state index in [1.54, 1.807) is 17.4 Å². The summed E-state index contributed by atoms with van der Waals surface area (Å²) in [5.74, 6) is 0.350. The van der Waals surface area contributed by atoms with Crippen LogP contribution in [0.2, 0.25) is 0 Å². The van der Waals surface area contributed by atoms with E-state index in [-0.39, 0.29) is 0 Å². The third kappa shape index (κ3) is 1.51. The summed E-state index contributed by atoms with van der Waals surface area (Å²) >= 11 is 8.52. The molecule has 13 heavy (non-hydrogen) atoms. The zero-order chi connectivity index (χ0) is 9.42. The van der Waals surface area contributed by atoms with E-state index in [9.17, 15) is 5.11 Å². The van der Waals surface area contributed by atoms with Crippen LogP contribution in [0.1, 0.15) is 5.56 Å². The third-order valence-electron chi connectivity index (χ3n) is 1.91. The average Bonchev–Trinajstić information content (AvgIpc) is 2.49. The van der Waals surface area contributed by atoms with Gasteiger partial charge in [0.1, 0.15) is 5.75 Å². The van der Waals surface area contributed by atoms with Crippen LogP contribution in [0.4, 0.5) is 0 Å². The molecule has 0 fully saturated rings. The molecular weight excluding hydrogens is 316 g/mol. The lowest BCUT2D eigenvalue weighted by Crippen LogP contribution is -1.80. The van der Waals surface area contributed by atoms with E-state index in [0.717, 1.165) is 15.4 Å². The molecule has 1 aromatic heterocycles. The SMILES string of the molecule is Oc1ccc2scc(Br)c2c1CBr. The Bertz CT molecular complexity index is 450. The highest BCUT2D eigenvalue weighted by Crippen LogP contribution is 2.37. The average molecular weight is 322 g/mol. The van der Waals surface area contributed by atoms with Crippen LogP contribution < -0.4 is 0 Å². The fourth-order valence-electron chi connectivity index (χ4n) is 1.28. The van der Waals surface area contributed by atoms with E-state index < -0.39 is 0 Å². The summed E-state index contributed by atoms with van der Waals surface area (Å²) in [6, 6.07) is 3.67. The Balaban J connectivity index is 2.88. The van der Waals surface area contributed by atoms with Gasteiger partial charge in [-0.25, -0.2) is 0 Å². The molecule has 0 spiro atoms. The lowest BCUT2D eigenvalue weighted by molar-refractivity contribution is 0.472. The molecular formula is C9H6Br2OS. The van der Waals surface area contributed by atoms with Crippen molar-refractivity contribution in [2.75, 3.05) is 0 Å². The molecule has 1 aromatic carbocycles. The normalized spacial score (nSPS) is 10.9. The molecule has 0 unspecified atom stereocenters. The van der Waals surface area contributed by atoms with Gasteiger partial charge < -0.3 is 5.11 Å². The number of benzene rings is 1. The van der Waals surface area contributed by atoms with Crippen molar-refractivity contribution in [3.05, 3.63) is 27.5 Å². The number of hydrogen-bond donors (Lipinski definition) is 1. The van der Waals surface area contributed by atoms with Crippen LogP contribution in [0, 0.1) is 0 Å². The van der Waals surface area contributed by atoms with Crippen molar-refractivity contribution < 1.29 is 5.11 Å². The molecule has 2 aromatic rings. The number of hydrogen-bond acceptors (Lipinski definition) is 2. The Kier molecular flexibility index (Phi) is 2.62. The van der Waals surface area contributed by atoms with Gasteiger partial charge in [0, 0.05) is 30.8 Å². The van der Waals surface area contributed by atoms with Crippen LogP contribution >= 0.6 is 43.2 Å². The first kappa shape index (κ1) is 9.49. The summed E-state index contributed by atoms with van der Waals surface area (Å²) in [6.07, 6.45) is 0. The van der Waals surface area contributed by atoms with Crippen LogP contribution in [0.5, 0.6) is 5.75 Å². The Hall–Kier alpha value is -0.0600. The monoisotopic (exact) mass is 320 g/mol. The van der Waals surface area contributed by atoms with Gasteiger partial charge in [-0.2, -0.15) is 0 Å². The Labute approximate surface area is 96.6 Å². The molecule has 1 N–H and O–H groups in total. The minimum absolute atomic E-state index is 0.350. The van der Waals surface area contributed by atoms with Crippen molar-refractivity contribution in [1.29, 1.82) is 0 Å². The van der Waals surface area contributed by atoms with E-state index in [0.29, 0.717) is 11.1 Å². The number of phenolic OH excluding ortho intramolecular Hbond substituents is 1. The second kappa shape index (κ2) is 3.59. The second-order valence-corrected chi connectivity index (χ2v) is 4.98. The smallest absolute Gasteiger partial charge is 0.120 e. The Morgan fingerprint density at radius 1 is 1.38 bits per heavy atom. The van der Waals surface area contributed by atoms with Crippen LogP contribution in [0.25, 0.3) is 10.1 Å². The molecule has 68 valence electrons. The Morgan fingerprint density at radius 3 is 2.85 bits per heavy atom. The van der Waals surface area contributed by atoms with Crippen molar-refractivity contribution >= 4 is 53.3 Å². The van der Waals surface area contributed by atoms with Crippen LogP contribution in [-0.4, -0.2) is 5.11 Å².